The van der Waals surface area contributed by atoms with Crippen LogP contribution in [0.25, 0.3) is 10.8 Å². The molecule has 4 aromatic rings. The molecule has 9 heteroatoms. The van der Waals surface area contributed by atoms with Crippen LogP contribution in [0.3, 0.4) is 0 Å². The zero-order chi connectivity index (χ0) is 28.1. The molecule has 0 saturated heterocycles. The van der Waals surface area contributed by atoms with Crippen LogP contribution in [0.5, 0.6) is 17.2 Å². The van der Waals surface area contributed by atoms with E-state index in [-0.39, 0.29) is 18.1 Å². The summed E-state index contributed by atoms with van der Waals surface area (Å²) < 4.78 is 23.5. The van der Waals surface area contributed by atoms with E-state index in [1.54, 1.807) is 62.5 Å². The van der Waals surface area contributed by atoms with Crippen LogP contribution in [0.1, 0.15) is 25.5 Å². The number of carbonyl (C=O) groups is 2. The minimum absolute atomic E-state index is 0.240. The number of hydrogen-bond donors (Lipinski definition) is 1. The average molecular weight is 543 g/mol. The third kappa shape index (κ3) is 5.78. The second kappa shape index (κ2) is 11.9. The Kier molecular flexibility index (Phi) is 8.00. The molecule has 0 spiro atoms. The van der Waals surface area contributed by atoms with Gasteiger partial charge in [-0.25, -0.2) is 4.79 Å². The lowest BCUT2D eigenvalue weighted by molar-refractivity contribution is -0.150. The Bertz CT molecular complexity index is 1580. The number of aromatic nitrogens is 1. The number of fused-ring (bicyclic) bond motifs is 2. The molecule has 2 atom stereocenters. The quantitative estimate of drug-likeness (QED) is 0.310. The van der Waals surface area contributed by atoms with E-state index in [0.717, 1.165) is 5.56 Å². The third-order valence-corrected chi connectivity index (χ3v) is 6.58. The highest BCUT2D eigenvalue weighted by atomic mass is 16.6. The van der Waals surface area contributed by atoms with Crippen molar-refractivity contribution in [3.63, 3.8) is 0 Å². The summed E-state index contributed by atoms with van der Waals surface area (Å²) >= 11 is 0. The van der Waals surface area contributed by atoms with Crippen molar-refractivity contribution in [1.29, 1.82) is 0 Å². The maximum Gasteiger partial charge on any atom is 0.347 e. The van der Waals surface area contributed by atoms with Gasteiger partial charge in [0.25, 0.3) is 5.56 Å². The lowest BCUT2D eigenvalue weighted by atomic mass is 10.0. The molecular formula is C31H30N2O7. The molecule has 1 unspecified atom stereocenters. The summed E-state index contributed by atoms with van der Waals surface area (Å²) in [6.07, 6.45) is 1.03. The number of benzene rings is 3. The van der Waals surface area contributed by atoms with Gasteiger partial charge in [-0.05, 0) is 49.7 Å². The SMILES string of the molecule is CCOC(=O)C(C)Oc1cccc2c(=O)n([C@H](Cc3ccccc3)C(=O)Nc3ccc4c(c3)OCCO4)ccc12. The first-order chi connectivity index (χ1) is 19.4. The number of nitrogens with zero attached hydrogens (tertiary/aromatic N) is 1. The van der Waals surface area contributed by atoms with Gasteiger partial charge < -0.3 is 28.8 Å². The van der Waals surface area contributed by atoms with Crippen LogP contribution in [0, 0.1) is 0 Å². The van der Waals surface area contributed by atoms with E-state index in [9.17, 15) is 14.4 Å². The summed E-state index contributed by atoms with van der Waals surface area (Å²) in [5.74, 6) is 0.696. The summed E-state index contributed by atoms with van der Waals surface area (Å²) in [5.41, 5.74) is 1.08. The molecule has 0 fully saturated rings. The minimum atomic E-state index is -0.851. The Morgan fingerprint density at radius 1 is 0.950 bits per heavy atom. The zero-order valence-electron chi connectivity index (χ0n) is 22.3. The van der Waals surface area contributed by atoms with Gasteiger partial charge in [0.15, 0.2) is 17.6 Å². The highest BCUT2D eigenvalue weighted by molar-refractivity contribution is 5.95. The summed E-state index contributed by atoms with van der Waals surface area (Å²) in [6.45, 7) is 4.45. The van der Waals surface area contributed by atoms with Crippen molar-refractivity contribution >= 4 is 28.3 Å². The van der Waals surface area contributed by atoms with Crippen LogP contribution >= 0.6 is 0 Å². The number of rotatable bonds is 9. The number of pyridine rings is 1. The van der Waals surface area contributed by atoms with Crippen molar-refractivity contribution in [1.82, 2.24) is 4.57 Å². The largest absolute Gasteiger partial charge is 0.486 e. The van der Waals surface area contributed by atoms with Crippen LogP contribution in [-0.4, -0.2) is 42.4 Å². The lowest BCUT2D eigenvalue weighted by Gasteiger charge is -2.22. The smallest absolute Gasteiger partial charge is 0.347 e. The number of hydrogen-bond acceptors (Lipinski definition) is 7. The van der Waals surface area contributed by atoms with Crippen molar-refractivity contribution < 1.29 is 28.5 Å². The molecule has 0 aliphatic carbocycles. The molecule has 5 rings (SSSR count). The van der Waals surface area contributed by atoms with Crippen molar-refractivity contribution in [3.05, 3.63) is 94.9 Å². The number of ether oxygens (including phenoxy) is 4. The monoisotopic (exact) mass is 542 g/mol. The Morgan fingerprint density at radius 2 is 1.73 bits per heavy atom. The lowest BCUT2D eigenvalue weighted by Crippen LogP contribution is -2.34. The highest BCUT2D eigenvalue weighted by Gasteiger charge is 2.25. The average Bonchev–Trinajstić information content (AvgIpc) is 2.97. The fourth-order valence-electron chi connectivity index (χ4n) is 4.61. The maximum absolute atomic E-state index is 13.8. The molecule has 40 heavy (non-hydrogen) atoms. The Hall–Kier alpha value is -4.79. The molecular weight excluding hydrogens is 512 g/mol. The molecule has 0 radical (unpaired) electrons. The Labute approximate surface area is 231 Å². The topological polar surface area (TPSA) is 105 Å². The van der Waals surface area contributed by atoms with E-state index in [4.69, 9.17) is 18.9 Å². The third-order valence-electron chi connectivity index (χ3n) is 6.58. The second-order valence-corrected chi connectivity index (χ2v) is 9.31. The molecule has 206 valence electrons. The van der Waals surface area contributed by atoms with E-state index >= 15 is 0 Å². The molecule has 1 aliphatic heterocycles. The summed E-state index contributed by atoms with van der Waals surface area (Å²) in [7, 11) is 0. The number of nitrogens with one attached hydrogen (secondary N) is 1. The van der Waals surface area contributed by atoms with Crippen LogP contribution in [0.15, 0.2) is 83.8 Å². The van der Waals surface area contributed by atoms with E-state index in [1.807, 2.05) is 30.3 Å². The normalized spacial score (nSPS) is 13.8. The Balaban J connectivity index is 1.49. The first-order valence-electron chi connectivity index (χ1n) is 13.2. The van der Waals surface area contributed by atoms with Gasteiger partial charge in [0.2, 0.25) is 5.91 Å². The van der Waals surface area contributed by atoms with Gasteiger partial charge in [-0.2, -0.15) is 0 Å². The standard InChI is InChI=1S/C31H30N2O7/c1-3-37-31(36)20(2)40-26-11-7-10-24-23(26)14-15-33(30(24)35)25(18-21-8-5-4-6-9-21)29(34)32-22-12-13-27-28(19-22)39-17-16-38-27/h4-15,19-20,25H,3,16-18H2,1-2H3,(H,32,34)/t20?,25-/m1/s1. The number of esters is 1. The van der Waals surface area contributed by atoms with Crippen molar-refractivity contribution in [2.45, 2.75) is 32.4 Å². The second-order valence-electron chi connectivity index (χ2n) is 9.31. The number of amides is 1. The molecule has 1 N–H and O–H groups in total. The van der Waals surface area contributed by atoms with Gasteiger partial charge in [0.1, 0.15) is 25.0 Å². The molecule has 1 aliphatic rings. The zero-order valence-corrected chi connectivity index (χ0v) is 22.3. The van der Waals surface area contributed by atoms with Gasteiger partial charge in [-0.3, -0.25) is 9.59 Å². The van der Waals surface area contributed by atoms with Gasteiger partial charge in [0.05, 0.1) is 12.0 Å². The molecule has 0 bridgehead atoms. The van der Waals surface area contributed by atoms with Gasteiger partial charge in [0, 0.05) is 29.8 Å². The highest BCUT2D eigenvalue weighted by Crippen LogP contribution is 2.33. The number of anilines is 1. The van der Waals surface area contributed by atoms with E-state index in [1.165, 1.54) is 4.57 Å². The van der Waals surface area contributed by atoms with E-state index in [0.29, 0.717) is 53.3 Å². The van der Waals surface area contributed by atoms with Crippen LogP contribution in [0.2, 0.25) is 0 Å². The van der Waals surface area contributed by atoms with Crippen LogP contribution < -0.4 is 25.1 Å². The first kappa shape index (κ1) is 26.8. The van der Waals surface area contributed by atoms with Crippen molar-refractivity contribution in [2.24, 2.45) is 0 Å². The minimum Gasteiger partial charge on any atom is -0.486 e. The van der Waals surface area contributed by atoms with Gasteiger partial charge >= 0.3 is 5.97 Å². The number of carbonyl (C=O) groups excluding carboxylic acids is 2. The Morgan fingerprint density at radius 3 is 2.50 bits per heavy atom. The summed E-state index contributed by atoms with van der Waals surface area (Å²) in [6, 6.07) is 20.6. The molecule has 1 amide bonds. The van der Waals surface area contributed by atoms with Gasteiger partial charge in [-0.1, -0.05) is 36.4 Å². The molecule has 2 heterocycles. The fourth-order valence-corrected chi connectivity index (χ4v) is 4.61. The molecule has 1 aromatic heterocycles. The van der Waals surface area contributed by atoms with Crippen molar-refractivity contribution in [3.8, 4) is 17.2 Å². The summed E-state index contributed by atoms with van der Waals surface area (Å²) in [4.78, 5) is 39.6. The molecule has 0 saturated carbocycles. The van der Waals surface area contributed by atoms with E-state index in [2.05, 4.69) is 5.32 Å². The van der Waals surface area contributed by atoms with Gasteiger partial charge in [-0.15, -0.1) is 0 Å². The van der Waals surface area contributed by atoms with Crippen LogP contribution in [-0.2, 0) is 20.7 Å². The predicted molar refractivity (Wildman–Crippen MR) is 150 cm³/mol. The first-order valence-corrected chi connectivity index (χ1v) is 13.2. The summed E-state index contributed by atoms with van der Waals surface area (Å²) in [5, 5.41) is 3.83. The maximum atomic E-state index is 13.8. The molecule has 3 aromatic carbocycles. The predicted octanol–water partition coefficient (Wildman–Crippen LogP) is 4.53. The van der Waals surface area contributed by atoms with E-state index < -0.39 is 18.1 Å². The van der Waals surface area contributed by atoms with Crippen LogP contribution in [0.4, 0.5) is 5.69 Å². The van der Waals surface area contributed by atoms with Crippen molar-refractivity contribution in [2.75, 3.05) is 25.1 Å². The fraction of sp³-hybridized carbons (Fsp3) is 0.258. The molecule has 9 nitrogen and oxygen atoms in total.